The van der Waals surface area contributed by atoms with E-state index in [2.05, 4.69) is 5.32 Å². The van der Waals surface area contributed by atoms with E-state index in [1.54, 1.807) is 13.8 Å². The maximum atomic E-state index is 12.5. The molecule has 0 unspecified atom stereocenters. The molecule has 2 saturated heterocycles. The first-order valence-corrected chi connectivity index (χ1v) is 7.40. The Kier molecular flexibility index (Phi) is 3.63. The lowest BCUT2D eigenvalue weighted by Gasteiger charge is -2.42. The fourth-order valence-corrected chi connectivity index (χ4v) is 4.07. The first kappa shape index (κ1) is 13.7. The van der Waals surface area contributed by atoms with E-state index in [1.165, 1.54) is 8.61 Å². The van der Waals surface area contributed by atoms with E-state index in [1.807, 2.05) is 0 Å². The predicted molar refractivity (Wildman–Crippen MR) is 65.1 cm³/mol. The first-order valence-electron chi connectivity index (χ1n) is 6.01. The first-order chi connectivity index (χ1) is 8.37. The molecule has 0 radical (unpaired) electrons. The van der Waals surface area contributed by atoms with Crippen molar-refractivity contribution in [3.8, 4) is 0 Å². The highest BCUT2D eigenvalue weighted by atomic mass is 32.2. The standard InChI is InChI=1S/C10H19N3O4S/c1-10(2)9(14)11-3-4-13(10)18(15,16)12-5-7-17-8-6-12/h3-8H2,1-2H3,(H,11,14). The number of piperazine rings is 1. The molecule has 1 N–H and O–H groups in total. The van der Waals surface area contributed by atoms with Crippen molar-refractivity contribution in [3.05, 3.63) is 0 Å². The number of nitrogens with one attached hydrogen (secondary N) is 1. The summed E-state index contributed by atoms with van der Waals surface area (Å²) in [5.74, 6) is -0.259. The molecule has 0 aromatic carbocycles. The molecule has 8 heteroatoms. The zero-order chi connectivity index (χ0) is 13.4. The van der Waals surface area contributed by atoms with Crippen LogP contribution < -0.4 is 5.32 Å². The van der Waals surface area contributed by atoms with E-state index in [0.717, 1.165) is 0 Å². The van der Waals surface area contributed by atoms with Crippen molar-refractivity contribution in [1.29, 1.82) is 0 Å². The monoisotopic (exact) mass is 277 g/mol. The second-order valence-electron chi connectivity index (χ2n) is 4.91. The molecule has 104 valence electrons. The maximum Gasteiger partial charge on any atom is 0.283 e. The quantitative estimate of drug-likeness (QED) is 0.686. The van der Waals surface area contributed by atoms with Gasteiger partial charge in [0.15, 0.2) is 0 Å². The number of carbonyl (C=O) groups is 1. The SMILES string of the molecule is CC1(C)C(=O)NCCN1S(=O)(=O)N1CCOCC1. The topological polar surface area (TPSA) is 79.0 Å². The number of morpholine rings is 1. The van der Waals surface area contributed by atoms with Crippen LogP contribution in [0.25, 0.3) is 0 Å². The Morgan fingerprint density at radius 1 is 1.22 bits per heavy atom. The number of hydrogen-bond acceptors (Lipinski definition) is 4. The van der Waals surface area contributed by atoms with E-state index >= 15 is 0 Å². The predicted octanol–water partition coefficient (Wildman–Crippen LogP) is -1.23. The van der Waals surface area contributed by atoms with Gasteiger partial charge in [-0.15, -0.1) is 0 Å². The maximum absolute atomic E-state index is 12.5. The summed E-state index contributed by atoms with van der Waals surface area (Å²) in [4.78, 5) is 11.8. The van der Waals surface area contributed by atoms with Gasteiger partial charge in [0.05, 0.1) is 13.2 Å². The number of amides is 1. The molecule has 2 fully saturated rings. The second kappa shape index (κ2) is 4.76. The number of nitrogens with zero attached hydrogens (tertiary/aromatic N) is 2. The molecule has 1 amide bonds. The smallest absolute Gasteiger partial charge is 0.283 e. The van der Waals surface area contributed by atoms with Gasteiger partial charge >= 0.3 is 0 Å². The summed E-state index contributed by atoms with van der Waals surface area (Å²) in [5.41, 5.74) is -1.05. The Hall–Kier alpha value is -0.700. The van der Waals surface area contributed by atoms with Gasteiger partial charge in [0.1, 0.15) is 5.54 Å². The Morgan fingerprint density at radius 2 is 1.83 bits per heavy atom. The van der Waals surface area contributed by atoms with Crippen molar-refractivity contribution >= 4 is 16.1 Å². The lowest BCUT2D eigenvalue weighted by molar-refractivity contribution is -0.131. The van der Waals surface area contributed by atoms with Gasteiger partial charge in [-0.3, -0.25) is 4.79 Å². The number of rotatable bonds is 2. The average Bonchev–Trinajstić information content (AvgIpc) is 2.33. The molecule has 2 rings (SSSR count). The molecular weight excluding hydrogens is 258 g/mol. The van der Waals surface area contributed by atoms with Gasteiger partial charge in [-0.05, 0) is 13.8 Å². The minimum absolute atomic E-state index is 0.259. The van der Waals surface area contributed by atoms with E-state index in [0.29, 0.717) is 39.4 Å². The Balaban J connectivity index is 2.25. The van der Waals surface area contributed by atoms with Crippen LogP contribution in [0.2, 0.25) is 0 Å². The highest BCUT2D eigenvalue weighted by Crippen LogP contribution is 2.24. The van der Waals surface area contributed by atoms with Gasteiger partial charge in [-0.25, -0.2) is 0 Å². The van der Waals surface area contributed by atoms with Gasteiger partial charge in [0.2, 0.25) is 5.91 Å². The van der Waals surface area contributed by atoms with Crippen LogP contribution in [0.1, 0.15) is 13.8 Å². The molecule has 0 aromatic rings. The number of carbonyl (C=O) groups excluding carboxylic acids is 1. The summed E-state index contributed by atoms with van der Waals surface area (Å²) in [5, 5.41) is 2.69. The summed E-state index contributed by atoms with van der Waals surface area (Å²) in [6, 6.07) is 0. The van der Waals surface area contributed by atoms with Crippen molar-refractivity contribution < 1.29 is 17.9 Å². The van der Waals surface area contributed by atoms with E-state index in [-0.39, 0.29) is 5.91 Å². The average molecular weight is 277 g/mol. The molecular formula is C10H19N3O4S. The summed E-state index contributed by atoms with van der Waals surface area (Å²) in [6.07, 6.45) is 0. The summed E-state index contributed by atoms with van der Waals surface area (Å²) >= 11 is 0. The van der Waals surface area contributed by atoms with Crippen molar-refractivity contribution in [2.45, 2.75) is 19.4 Å². The molecule has 18 heavy (non-hydrogen) atoms. The van der Waals surface area contributed by atoms with E-state index < -0.39 is 15.7 Å². The molecule has 0 bridgehead atoms. The van der Waals surface area contributed by atoms with Crippen molar-refractivity contribution in [1.82, 2.24) is 13.9 Å². The molecule has 0 aliphatic carbocycles. The van der Waals surface area contributed by atoms with Gasteiger partial charge in [0, 0.05) is 26.2 Å². The van der Waals surface area contributed by atoms with E-state index in [9.17, 15) is 13.2 Å². The van der Waals surface area contributed by atoms with Crippen LogP contribution in [-0.2, 0) is 19.7 Å². The zero-order valence-electron chi connectivity index (χ0n) is 10.7. The molecule has 7 nitrogen and oxygen atoms in total. The lowest BCUT2D eigenvalue weighted by Crippen LogP contribution is -2.66. The van der Waals surface area contributed by atoms with Crippen LogP contribution >= 0.6 is 0 Å². The summed E-state index contributed by atoms with van der Waals surface area (Å²) < 4.78 is 32.9. The van der Waals surface area contributed by atoms with Crippen LogP contribution in [-0.4, -0.2) is 67.9 Å². The van der Waals surface area contributed by atoms with Crippen molar-refractivity contribution in [3.63, 3.8) is 0 Å². The molecule has 2 heterocycles. The molecule has 0 saturated carbocycles. The fraction of sp³-hybridized carbons (Fsp3) is 0.900. The van der Waals surface area contributed by atoms with Crippen molar-refractivity contribution in [2.24, 2.45) is 0 Å². The molecule has 2 aliphatic rings. The zero-order valence-corrected chi connectivity index (χ0v) is 11.5. The van der Waals surface area contributed by atoms with Gasteiger partial charge in [-0.1, -0.05) is 0 Å². The van der Waals surface area contributed by atoms with E-state index in [4.69, 9.17) is 4.74 Å². The van der Waals surface area contributed by atoms with Crippen LogP contribution in [0, 0.1) is 0 Å². The number of hydrogen-bond donors (Lipinski definition) is 1. The Morgan fingerprint density at radius 3 is 2.44 bits per heavy atom. The fourth-order valence-electron chi connectivity index (χ4n) is 2.20. The molecule has 0 atom stereocenters. The summed E-state index contributed by atoms with van der Waals surface area (Å²) in [7, 11) is -3.60. The number of ether oxygens (including phenoxy) is 1. The molecule has 0 spiro atoms. The highest BCUT2D eigenvalue weighted by molar-refractivity contribution is 7.86. The van der Waals surface area contributed by atoms with Crippen LogP contribution in [0.3, 0.4) is 0 Å². The Labute approximate surface area is 107 Å². The minimum atomic E-state index is -3.60. The third kappa shape index (κ3) is 2.25. The largest absolute Gasteiger partial charge is 0.379 e. The highest BCUT2D eigenvalue weighted by Gasteiger charge is 2.46. The minimum Gasteiger partial charge on any atom is -0.379 e. The lowest BCUT2D eigenvalue weighted by atomic mass is 10.0. The molecule has 0 aromatic heterocycles. The normalized spacial score (nSPS) is 26.9. The third-order valence-electron chi connectivity index (χ3n) is 3.35. The van der Waals surface area contributed by atoms with Crippen molar-refractivity contribution in [2.75, 3.05) is 39.4 Å². The second-order valence-corrected chi connectivity index (χ2v) is 6.76. The van der Waals surface area contributed by atoms with Crippen LogP contribution in [0.15, 0.2) is 0 Å². The third-order valence-corrected chi connectivity index (χ3v) is 5.57. The van der Waals surface area contributed by atoms with Gasteiger partial charge in [0.25, 0.3) is 10.2 Å². The molecule has 2 aliphatic heterocycles. The Bertz CT molecular complexity index is 428. The van der Waals surface area contributed by atoms with Gasteiger partial charge in [-0.2, -0.15) is 17.0 Å². The van der Waals surface area contributed by atoms with Crippen LogP contribution in [0.4, 0.5) is 0 Å². The van der Waals surface area contributed by atoms with Crippen LogP contribution in [0.5, 0.6) is 0 Å². The van der Waals surface area contributed by atoms with Gasteiger partial charge < -0.3 is 10.1 Å². The summed E-state index contributed by atoms with van der Waals surface area (Å²) in [6.45, 7) is 5.40.